The van der Waals surface area contributed by atoms with Gasteiger partial charge in [0, 0.05) is 30.7 Å². The van der Waals surface area contributed by atoms with Gasteiger partial charge in [-0.1, -0.05) is 18.2 Å². The molecule has 2 N–H and O–H groups in total. The Kier molecular flexibility index (Phi) is 3.27. The number of hydrogen-bond donors (Lipinski definition) is 1. The molecule has 3 nitrogen and oxygen atoms in total. The molecule has 1 aromatic carbocycles. The van der Waals surface area contributed by atoms with Gasteiger partial charge >= 0.3 is 0 Å². The Hall–Kier alpha value is -1.06. The first-order valence-electron chi connectivity index (χ1n) is 6.97. The van der Waals surface area contributed by atoms with Crippen molar-refractivity contribution in [3.8, 4) is 5.75 Å². The molecule has 2 aliphatic rings. The molecule has 0 radical (unpaired) electrons. The number of hydrogen-bond acceptors (Lipinski definition) is 3. The van der Waals surface area contributed by atoms with E-state index in [-0.39, 0.29) is 5.54 Å². The second-order valence-corrected chi connectivity index (χ2v) is 5.70. The second-order valence-electron chi connectivity index (χ2n) is 5.70. The van der Waals surface area contributed by atoms with Crippen molar-refractivity contribution in [1.29, 1.82) is 0 Å². The fourth-order valence-electron chi connectivity index (χ4n) is 2.83. The van der Waals surface area contributed by atoms with Crippen LogP contribution in [0.25, 0.3) is 0 Å². The van der Waals surface area contributed by atoms with Crippen molar-refractivity contribution in [3.63, 3.8) is 0 Å². The van der Waals surface area contributed by atoms with E-state index in [1.54, 1.807) is 0 Å². The van der Waals surface area contributed by atoms with Gasteiger partial charge in [-0.15, -0.1) is 0 Å². The molecular weight excluding hydrogens is 224 g/mol. The molecule has 0 aromatic heterocycles. The molecule has 18 heavy (non-hydrogen) atoms. The minimum Gasteiger partial charge on any atom is -0.492 e. The fourth-order valence-corrected chi connectivity index (χ4v) is 2.83. The summed E-state index contributed by atoms with van der Waals surface area (Å²) in [6.45, 7) is 3.87. The number of para-hydroxylation sites is 1. The average Bonchev–Trinajstić information content (AvgIpc) is 2.55. The van der Waals surface area contributed by atoms with Crippen molar-refractivity contribution >= 4 is 0 Å². The molecule has 0 unspecified atom stereocenters. The van der Waals surface area contributed by atoms with E-state index in [2.05, 4.69) is 23.1 Å². The predicted octanol–water partition coefficient (Wildman–Crippen LogP) is 2.15. The minimum atomic E-state index is 0.132. The molecule has 0 amide bonds. The van der Waals surface area contributed by atoms with Gasteiger partial charge in [0.15, 0.2) is 0 Å². The van der Waals surface area contributed by atoms with Gasteiger partial charge in [-0.2, -0.15) is 0 Å². The van der Waals surface area contributed by atoms with Crippen molar-refractivity contribution in [2.75, 3.05) is 19.7 Å². The van der Waals surface area contributed by atoms with Gasteiger partial charge in [-0.3, -0.25) is 4.90 Å². The van der Waals surface area contributed by atoms with Crippen LogP contribution in [0.1, 0.15) is 31.2 Å². The molecular formula is C15H22N2O. The molecule has 0 saturated heterocycles. The van der Waals surface area contributed by atoms with E-state index in [9.17, 15) is 0 Å². The van der Waals surface area contributed by atoms with Crippen molar-refractivity contribution in [2.24, 2.45) is 5.73 Å². The summed E-state index contributed by atoms with van der Waals surface area (Å²) in [4.78, 5) is 2.47. The van der Waals surface area contributed by atoms with Gasteiger partial charge in [0.2, 0.25) is 0 Å². The minimum absolute atomic E-state index is 0.132. The number of ether oxygens (including phenoxy) is 1. The fraction of sp³-hybridized carbons (Fsp3) is 0.600. The highest BCUT2D eigenvalue weighted by Crippen LogP contribution is 2.32. The van der Waals surface area contributed by atoms with E-state index in [1.165, 1.54) is 24.8 Å². The van der Waals surface area contributed by atoms with Gasteiger partial charge in [0.05, 0.1) is 0 Å². The maximum atomic E-state index is 6.30. The Bertz CT molecular complexity index is 415. The molecule has 1 heterocycles. The Labute approximate surface area is 109 Å². The maximum absolute atomic E-state index is 6.30. The van der Waals surface area contributed by atoms with Crippen LogP contribution in [0.15, 0.2) is 24.3 Å². The molecule has 0 atom stereocenters. The molecule has 0 bridgehead atoms. The topological polar surface area (TPSA) is 38.5 Å². The van der Waals surface area contributed by atoms with Crippen LogP contribution in [-0.4, -0.2) is 30.1 Å². The zero-order valence-corrected chi connectivity index (χ0v) is 10.9. The second kappa shape index (κ2) is 4.90. The predicted molar refractivity (Wildman–Crippen MR) is 72.6 cm³/mol. The summed E-state index contributed by atoms with van der Waals surface area (Å²) in [6, 6.07) is 8.35. The molecule has 1 aliphatic carbocycles. The third-order valence-electron chi connectivity index (χ3n) is 4.31. The first-order valence-corrected chi connectivity index (χ1v) is 6.97. The lowest BCUT2D eigenvalue weighted by Gasteiger charge is -2.39. The van der Waals surface area contributed by atoms with Crippen molar-refractivity contribution in [1.82, 2.24) is 4.90 Å². The summed E-state index contributed by atoms with van der Waals surface area (Å²) >= 11 is 0. The summed E-state index contributed by atoms with van der Waals surface area (Å²) < 4.78 is 5.78. The number of fused-ring (bicyclic) bond motifs is 1. The van der Waals surface area contributed by atoms with Crippen LogP contribution in [0.2, 0.25) is 0 Å². The van der Waals surface area contributed by atoms with E-state index in [4.69, 9.17) is 10.5 Å². The van der Waals surface area contributed by atoms with Gasteiger partial charge in [-0.05, 0) is 31.7 Å². The third-order valence-corrected chi connectivity index (χ3v) is 4.31. The quantitative estimate of drug-likeness (QED) is 0.888. The molecule has 0 spiro atoms. The van der Waals surface area contributed by atoms with Crippen LogP contribution in [0, 0.1) is 0 Å². The first-order chi connectivity index (χ1) is 8.75. The van der Waals surface area contributed by atoms with E-state index in [1.807, 2.05) is 6.07 Å². The van der Waals surface area contributed by atoms with E-state index in [0.29, 0.717) is 0 Å². The standard InChI is InChI=1S/C15H22N2O/c16-15(6-3-7-15)8-9-17-10-11-18-14-5-2-1-4-13(14)12-17/h1-2,4-5H,3,6-12,16H2. The van der Waals surface area contributed by atoms with Crippen molar-refractivity contribution < 1.29 is 4.74 Å². The summed E-state index contributed by atoms with van der Waals surface area (Å²) in [5.74, 6) is 1.05. The van der Waals surface area contributed by atoms with Crippen LogP contribution in [0.4, 0.5) is 0 Å². The summed E-state index contributed by atoms with van der Waals surface area (Å²) in [7, 11) is 0. The van der Waals surface area contributed by atoms with Crippen molar-refractivity contribution in [3.05, 3.63) is 29.8 Å². The number of rotatable bonds is 3. The number of benzene rings is 1. The SMILES string of the molecule is NC1(CCN2CCOc3ccccc3C2)CCC1. The smallest absolute Gasteiger partial charge is 0.123 e. The largest absolute Gasteiger partial charge is 0.492 e. The molecule has 1 aliphatic heterocycles. The van der Waals surface area contributed by atoms with E-state index < -0.39 is 0 Å². The van der Waals surface area contributed by atoms with Crippen LogP contribution >= 0.6 is 0 Å². The summed E-state index contributed by atoms with van der Waals surface area (Å²) in [5, 5.41) is 0. The summed E-state index contributed by atoms with van der Waals surface area (Å²) in [5.41, 5.74) is 7.73. The molecule has 98 valence electrons. The van der Waals surface area contributed by atoms with Gasteiger partial charge in [0.1, 0.15) is 12.4 Å². The molecule has 3 heteroatoms. The summed E-state index contributed by atoms with van der Waals surface area (Å²) in [6.07, 6.45) is 4.83. The maximum Gasteiger partial charge on any atom is 0.123 e. The van der Waals surface area contributed by atoms with Crippen LogP contribution < -0.4 is 10.5 Å². The highest BCUT2D eigenvalue weighted by atomic mass is 16.5. The molecule has 1 saturated carbocycles. The molecule has 3 rings (SSSR count). The highest BCUT2D eigenvalue weighted by molar-refractivity contribution is 5.33. The van der Waals surface area contributed by atoms with Crippen LogP contribution in [0.5, 0.6) is 5.75 Å². The average molecular weight is 246 g/mol. The Morgan fingerprint density at radius 3 is 2.89 bits per heavy atom. The lowest BCUT2D eigenvalue weighted by Crippen LogP contribution is -2.48. The lowest BCUT2D eigenvalue weighted by molar-refractivity contribution is 0.168. The highest BCUT2D eigenvalue weighted by Gasteiger charge is 2.32. The van der Waals surface area contributed by atoms with E-state index >= 15 is 0 Å². The van der Waals surface area contributed by atoms with Gasteiger partial charge in [0.25, 0.3) is 0 Å². The zero-order valence-electron chi connectivity index (χ0n) is 10.9. The van der Waals surface area contributed by atoms with Gasteiger partial charge < -0.3 is 10.5 Å². The Balaban J connectivity index is 1.61. The van der Waals surface area contributed by atoms with Gasteiger partial charge in [-0.25, -0.2) is 0 Å². The zero-order chi connectivity index (χ0) is 12.4. The number of nitrogens with zero attached hydrogens (tertiary/aromatic N) is 1. The van der Waals surface area contributed by atoms with Crippen LogP contribution in [-0.2, 0) is 6.54 Å². The first kappa shape index (κ1) is 12.0. The Morgan fingerprint density at radius 2 is 2.11 bits per heavy atom. The normalized spacial score (nSPS) is 22.5. The van der Waals surface area contributed by atoms with Crippen LogP contribution in [0.3, 0.4) is 0 Å². The van der Waals surface area contributed by atoms with E-state index in [0.717, 1.165) is 38.4 Å². The molecule has 1 fully saturated rings. The third kappa shape index (κ3) is 2.52. The Morgan fingerprint density at radius 1 is 1.28 bits per heavy atom. The number of nitrogens with two attached hydrogens (primary N) is 1. The molecule has 1 aromatic rings. The van der Waals surface area contributed by atoms with Crippen molar-refractivity contribution in [2.45, 2.75) is 37.8 Å². The lowest BCUT2D eigenvalue weighted by atomic mass is 9.75. The monoisotopic (exact) mass is 246 g/mol.